The first-order chi connectivity index (χ1) is 23.5. The Morgan fingerprint density at radius 1 is 0.673 bits per heavy atom. The summed E-state index contributed by atoms with van der Waals surface area (Å²) < 4.78 is 23.5. The van der Waals surface area contributed by atoms with E-state index in [0.29, 0.717) is 23.9 Å². The number of allylic oxidation sites excluding steroid dienone is 4. The van der Waals surface area contributed by atoms with Gasteiger partial charge in [0.05, 0.1) is 39.9 Å². The summed E-state index contributed by atoms with van der Waals surface area (Å²) >= 11 is 0. The summed E-state index contributed by atoms with van der Waals surface area (Å²) in [5.74, 6) is -0.165. The number of phosphoric ester groups is 1. The van der Waals surface area contributed by atoms with Gasteiger partial charge in [0.1, 0.15) is 13.2 Å². The zero-order valence-corrected chi connectivity index (χ0v) is 33.6. The first kappa shape index (κ1) is 48.0. The van der Waals surface area contributed by atoms with Crippen molar-refractivity contribution in [1.29, 1.82) is 0 Å². The van der Waals surface area contributed by atoms with Gasteiger partial charge in [-0.05, 0) is 64.2 Å². The average Bonchev–Trinajstić information content (AvgIpc) is 3.04. The van der Waals surface area contributed by atoms with E-state index in [4.69, 9.17) is 9.05 Å². The lowest BCUT2D eigenvalue weighted by Crippen LogP contribution is -2.46. The van der Waals surface area contributed by atoms with Gasteiger partial charge < -0.3 is 19.8 Å². The number of hydrogen-bond acceptors (Lipinski definition) is 5. The van der Waals surface area contributed by atoms with E-state index in [1.54, 1.807) is 0 Å². The van der Waals surface area contributed by atoms with Gasteiger partial charge in [0.15, 0.2) is 0 Å². The van der Waals surface area contributed by atoms with Gasteiger partial charge in [-0.1, -0.05) is 128 Å². The topological polar surface area (TPSA) is 105 Å². The van der Waals surface area contributed by atoms with Crippen LogP contribution in [0, 0.1) is 0 Å². The van der Waals surface area contributed by atoms with Crippen LogP contribution in [0.4, 0.5) is 0 Å². The maximum absolute atomic E-state index is 12.8. The number of amides is 1. The molecule has 0 aliphatic heterocycles. The minimum Gasteiger partial charge on any atom is -0.391 e. The highest BCUT2D eigenvalue weighted by atomic mass is 31.2. The van der Waals surface area contributed by atoms with Gasteiger partial charge in [-0.25, -0.2) is 4.57 Å². The first-order valence-electron chi connectivity index (χ1n) is 20.2. The van der Waals surface area contributed by atoms with E-state index < -0.39 is 20.0 Å². The minimum absolute atomic E-state index is 0.0682. The van der Waals surface area contributed by atoms with Crippen LogP contribution >= 0.6 is 7.82 Å². The third-order valence-corrected chi connectivity index (χ3v) is 9.91. The van der Waals surface area contributed by atoms with Crippen molar-refractivity contribution in [3.8, 4) is 0 Å². The number of hydrogen-bond donors (Lipinski definition) is 3. The van der Waals surface area contributed by atoms with Gasteiger partial charge in [-0.3, -0.25) is 13.8 Å². The summed E-state index contributed by atoms with van der Waals surface area (Å²) in [4.78, 5) is 23.0. The number of carbonyl (C=O) groups excluding carboxylic acids is 1. The molecule has 290 valence electrons. The van der Waals surface area contributed by atoms with E-state index >= 15 is 0 Å². The third kappa shape index (κ3) is 35.2. The molecule has 0 bridgehead atoms. The molecule has 0 saturated heterocycles. The number of unbranched alkanes of at least 4 members (excludes halogenated alkanes) is 19. The zero-order chi connectivity index (χ0) is 36.5. The van der Waals surface area contributed by atoms with E-state index in [9.17, 15) is 19.4 Å². The smallest absolute Gasteiger partial charge is 0.391 e. The SMILES string of the molecule is CCCCCCC/C=C/CCCCCCCC(=O)N[C@@H](COP(=O)(O)OCC[N+](C)(C)C)[C@H](O)CCCC/C=C/CCCCCCCCC. The fourth-order valence-corrected chi connectivity index (χ4v) is 6.36. The maximum Gasteiger partial charge on any atom is 0.472 e. The van der Waals surface area contributed by atoms with Crippen LogP contribution in [0.2, 0.25) is 0 Å². The molecule has 3 atom stereocenters. The molecule has 0 heterocycles. The standard InChI is InChI=1S/C40H79N2O6P/c1-6-8-10-12-14-16-18-20-22-24-26-28-30-32-34-40(44)41-38(37-48-49(45,46)47-36-35-42(3,4)5)39(43)33-31-29-27-25-23-21-19-17-15-13-11-9-7-2/h18,20,23,25,38-39,43H,6-17,19,21-22,24,26-37H2,1-5H3,(H-,41,44,45,46)/p+1/b20-18+,25-23+/t38-,39+/m0/s1. The molecule has 0 aromatic heterocycles. The Kier molecular flexibility index (Phi) is 32.2. The summed E-state index contributed by atoms with van der Waals surface area (Å²) in [7, 11) is 1.59. The van der Waals surface area contributed by atoms with Gasteiger partial charge in [0, 0.05) is 6.42 Å². The van der Waals surface area contributed by atoms with Crippen LogP contribution in [0.3, 0.4) is 0 Å². The molecular formula is C40H80N2O6P+. The Morgan fingerprint density at radius 3 is 1.57 bits per heavy atom. The zero-order valence-electron chi connectivity index (χ0n) is 32.7. The van der Waals surface area contributed by atoms with E-state index in [-0.39, 0.29) is 19.1 Å². The molecule has 49 heavy (non-hydrogen) atoms. The summed E-state index contributed by atoms with van der Waals surface area (Å²) in [6.07, 6.45) is 36.3. The third-order valence-electron chi connectivity index (χ3n) is 8.92. The Morgan fingerprint density at radius 2 is 1.10 bits per heavy atom. The van der Waals surface area contributed by atoms with Crippen molar-refractivity contribution < 1.29 is 32.9 Å². The summed E-state index contributed by atoms with van der Waals surface area (Å²) in [6, 6.07) is -0.777. The van der Waals surface area contributed by atoms with Crippen LogP contribution < -0.4 is 5.32 Å². The van der Waals surface area contributed by atoms with Crippen LogP contribution in [-0.4, -0.2) is 73.4 Å². The predicted octanol–water partition coefficient (Wildman–Crippen LogP) is 10.6. The molecule has 0 rings (SSSR count). The number of aliphatic hydroxyl groups is 1. The van der Waals surface area contributed by atoms with Crippen molar-refractivity contribution in [2.45, 2.75) is 187 Å². The van der Waals surface area contributed by atoms with Crippen molar-refractivity contribution in [3.05, 3.63) is 24.3 Å². The fourth-order valence-electron chi connectivity index (χ4n) is 5.62. The fraction of sp³-hybridized carbons (Fsp3) is 0.875. The number of nitrogens with one attached hydrogen (secondary N) is 1. The van der Waals surface area contributed by atoms with Crippen molar-refractivity contribution in [2.75, 3.05) is 40.9 Å². The Labute approximate surface area is 303 Å². The Balaban J connectivity index is 4.50. The van der Waals surface area contributed by atoms with Crippen LogP contribution in [0.5, 0.6) is 0 Å². The lowest BCUT2D eigenvalue weighted by atomic mass is 10.0. The summed E-state index contributed by atoms with van der Waals surface area (Å²) in [5.41, 5.74) is 0. The van der Waals surface area contributed by atoms with Crippen molar-refractivity contribution in [3.63, 3.8) is 0 Å². The molecule has 0 fully saturated rings. The molecule has 1 unspecified atom stereocenters. The second-order valence-corrected chi connectivity index (χ2v) is 16.5. The molecule has 3 N–H and O–H groups in total. The van der Waals surface area contributed by atoms with Gasteiger partial charge in [-0.15, -0.1) is 0 Å². The molecular weight excluding hydrogens is 635 g/mol. The van der Waals surface area contributed by atoms with Crippen LogP contribution in [0.1, 0.15) is 174 Å². The van der Waals surface area contributed by atoms with Gasteiger partial charge in [0.25, 0.3) is 0 Å². The number of likely N-dealkylation sites (N-methyl/N-ethyl adjacent to an activating group) is 1. The summed E-state index contributed by atoms with van der Waals surface area (Å²) in [5, 5.41) is 13.9. The molecule has 0 aliphatic carbocycles. The highest BCUT2D eigenvalue weighted by molar-refractivity contribution is 7.47. The maximum atomic E-state index is 12.8. The van der Waals surface area contributed by atoms with Crippen LogP contribution in [-0.2, 0) is 18.4 Å². The molecule has 9 heteroatoms. The monoisotopic (exact) mass is 716 g/mol. The lowest BCUT2D eigenvalue weighted by Gasteiger charge is -2.26. The van der Waals surface area contributed by atoms with E-state index in [1.807, 2.05) is 21.1 Å². The van der Waals surface area contributed by atoms with Gasteiger partial charge in [0.2, 0.25) is 5.91 Å². The minimum atomic E-state index is -4.31. The second kappa shape index (κ2) is 32.9. The first-order valence-corrected chi connectivity index (χ1v) is 21.7. The van der Waals surface area contributed by atoms with Crippen molar-refractivity contribution in [2.24, 2.45) is 0 Å². The number of rotatable bonds is 36. The molecule has 8 nitrogen and oxygen atoms in total. The molecule has 0 spiro atoms. The quantitative estimate of drug-likeness (QED) is 0.0258. The number of aliphatic hydroxyl groups excluding tert-OH is 1. The number of nitrogens with zero attached hydrogens (tertiary/aromatic N) is 1. The predicted molar refractivity (Wildman–Crippen MR) is 208 cm³/mol. The molecule has 0 aliphatic rings. The van der Waals surface area contributed by atoms with Gasteiger partial charge in [-0.2, -0.15) is 0 Å². The highest BCUT2D eigenvalue weighted by Crippen LogP contribution is 2.43. The number of phosphoric acid groups is 1. The van der Waals surface area contributed by atoms with Gasteiger partial charge >= 0.3 is 7.82 Å². The normalized spacial score (nSPS) is 14.8. The van der Waals surface area contributed by atoms with E-state index in [0.717, 1.165) is 57.8 Å². The molecule has 0 saturated carbocycles. The average molecular weight is 716 g/mol. The number of quaternary nitrogens is 1. The number of carbonyl (C=O) groups is 1. The Hall–Kier alpha value is -1.02. The van der Waals surface area contributed by atoms with Crippen LogP contribution in [0.25, 0.3) is 0 Å². The molecule has 0 aromatic rings. The van der Waals surface area contributed by atoms with Crippen LogP contribution in [0.15, 0.2) is 24.3 Å². The van der Waals surface area contributed by atoms with E-state index in [2.05, 4.69) is 43.5 Å². The van der Waals surface area contributed by atoms with Crippen molar-refractivity contribution >= 4 is 13.7 Å². The molecule has 1 amide bonds. The Bertz CT molecular complexity index is 860. The second-order valence-electron chi connectivity index (χ2n) is 15.0. The largest absolute Gasteiger partial charge is 0.472 e. The van der Waals surface area contributed by atoms with E-state index in [1.165, 1.54) is 89.9 Å². The molecule has 0 aromatic carbocycles. The highest BCUT2D eigenvalue weighted by Gasteiger charge is 2.28. The summed E-state index contributed by atoms with van der Waals surface area (Å²) in [6.45, 7) is 4.82. The van der Waals surface area contributed by atoms with Crippen molar-refractivity contribution in [1.82, 2.24) is 5.32 Å². The molecule has 0 radical (unpaired) electrons. The lowest BCUT2D eigenvalue weighted by molar-refractivity contribution is -0.870.